The van der Waals surface area contributed by atoms with Crippen molar-refractivity contribution in [1.82, 2.24) is 0 Å². The number of hydrogen-bond acceptors (Lipinski definition) is 4. The van der Waals surface area contributed by atoms with E-state index in [0.717, 1.165) is 25.7 Å². The molecule has 0 aliphatic rings. The molecule has 21 heavy (non-hydrogen) atoms. The van der Waals surface area contributed by atoms with Gasteiger partial charge in [0.1, 0.15) is 6.10 Å². The highest BCUT2D eigenvalue weighted by molar-refractivity contribution is 5.92. The minimum Gasteiger partial charge on any atom is -0.464 e. The van der Waals surface area contributed by atoms with Crippen molar-refractivity contribution in [3.05, 3.63) is 24.3 Å². The molecule has 1 N–H and O–H groups in total. The zero-order chi connectivity index (χ0) is 16.1. The minimum atomic E-state index is -0.765. The van der Waals surface area contributed by atoms with E-state index in [9.17, 15) is 14.7 Å². The minimum absolute atomic E-state index is 0.126. The number of rotatable bonds is 12. The van der Waals surface area contributed by atoms with Gasteiger partial charge in [-0.15, -0.1) is 0 Å². The van der Waals surface area contributed by atoms with Crippen molar-refractivity contribution < 1.29 is 19.4 Å². The summed E-state index contributed by atoms with van der Waals surface area (Å²) in [6.07, 6.45) is 10.1. The van der Waals surface area contributed by atoms with Gasteiger partial charge in [0, 0.05) is 12.3 Å². The molecular weight excluding hydrogens is 268 g/mol. The number of carbonyl (C=O) groups is 2. The molecule has 0 saturated heterocycles. The highest BCUT2D eigenvalue weighted by atomic mass is 16.5. The molecule has 0 aliphatic heterocycles. The van der Waals surface area contributed by atoms with Gasteiger partial charge >= 0.3 is 0 Å². The van der Waals surface area contributed by atoms with E-state index in [1.165, 1.54) is 6.08 Å². The zero-order valence-electron chi connectivity index (χ0n) is 13.3. The van der Waals surface area contributed by atoms with E-state index in [1.807, 2.05) is 0 Å². The summed E-state index contributed by atoms with van der Waals surface area (Å²) in [6.45, 7) is 6.07. The Balaban J connectivity index is 4.29. The summed E-state index contributed by atoms with van der Waals surface area (Å²) in [5.74, 6) is -0.595. The maximum Gasteiger partial charge on any atom is 0.293 e. The summed E-state index contributed by atoms with van der Waals surface area (Å²) in [6, 6.07) is 0. The monoisotopic (exact) mass is 296 g/mol. The second-order valence-corrected chi connectivity index (χ2v) is 5.20. The first kappa shape index (κ1) is 19.6. The van der Waals surface area contributed by atoms with Crippen LogP contribution in [0.2, 0.25) is 0 Å². The Bertz CT molecular complexity index is 347. The van der Waals surface area contributed by atoms with Gasteiger partial charge < -0.3 is 9.84 Å². The van der Waals surface area contributed by atoms with Crippen LogP contribution in [-0.4, -0.2) is 29.6 Å². The largest absolute Gasteiger partial charge is 0.464 e. The third kappa shape index (κ3) is 9.19. The first-order valence-electron chi connectivity index (χ1n) is 7.67. The van der Waals surface area contributed by atoms with Crippen molar-refractivity contribution in [3.8, 4) is 0 Å². The predicted molar refractivity (Wildman–Crippen MR) is 83.8 cm³/mol. The summed E-state index contributed by atoms with van der Waals surface area (Å²) in [5.41, 5.74) is 0. The Labute approximate surface area is 127 Å². The van der Waals surface area contributed by atoms with Gasteiger partial charge in [0.2, 0.25) is 0 Å². The molecule has 0 aromatic carbocycles. The molecule has 0 unspecified atom stereocenters. The molecule has 0 aromatic rings. The molecule has 0 amide bonds. The number of aliphatic hydroxyl groups is 1. The molecule has 4 nitrogen and oxygen atoms in total. The second-order valence-electron chi connectivity index (χ2n) is 5.20. The Morgan fingerprint density at radius 3 is 2.62 bits per heavy atom. The van der Waals surface area contributed by atoms with Gasteiger partial charge in [-0.3, -0.25) is 9.59 Å². The van der Waals surface area contributed by atoms with E-state index in [2.05, 4.69) is 6.92 Å². The summed E-state index contributed by atoms with van der Waals surface area (Å²) in [5, 5.41) is 9.71. The molecule has 0 bridgehead atoms. The van der Waals surface area contributed by atoms with Crippen LogP contribution in [0.5, 0.6) is 0 Å². The van der Waals surface area contributed by atoms with Crippen LogP contribution in [0.15, 0.2) is 24.3 Å². The van der Waals surface area contributed by atoms with E-state index < -0.39 is 12.0 Å². The van der Waals surface area contributed by atoms with Gasteiger partial charge in [-0.05, 0) is 25.8 Å². The SMILES string of the molecule is C/C=C/[C@H](O)[C@H](C)C(=O)/C=C/C[C@@H](CCCCC)OC=O. The average Bonchev–Trinajstić information content (AvgIpc) is 2.46. The average molecular weight is 296 g/mol. The lowest BCUT2D eigenvalue weighted by molar-refractivity contribution is -0.133. The van der Waals surface area contributed by atoms with Crippen molar-refractivity contribution in [3.63, 3.8) is 0 Å². The molecule has 0 saturated carbocycles. The first-order valence-corrected chi connectivity index (χ1v) is 7.67. The smallest absolute Gasteiger partial charge is 0.293 e. The van der Waals surface area contributed by atoms with Crippen LogP contribution in [0.25, 0.3) is 0 Å². The fraction of sp³-hybridized carbons (Fsp3) is 0.647. The maximum atomic E-state index is 11.9. The zero-order valence-corrected chi connectivity index (χ0v) is 13.3. The molecule has 0 heterocycles. The van der Waals surface area contributed by atoms with Crippen LogP contribution in [-0.2, 0) is 14.3 Å². The van der Waals surface area contributed by atoms with Crippen LogP contribution in [0.1, 0.15) is 52.9 Å². The fourth-order valence-corrected chi connectivity index (χ4v) is 1.96. The van der Waals surface area contributed by atoms with Crippen molar-refractivity contribution in [1.29, 1.82) is 0 Å². The number of allylic oxidation sites excluding steroid dienone is 2. The number of aliphatic hydroxyl groups excluding tert-OH is 1. The number of ketones is 1. The van der Waals surface area contributed by atoms with Gasteiger partial charge in [0.25, 0.3) is 6.47 Å². The summed E-state index contributed by atoms with van der Waals surface area (Å²) >= 11 is 0. The molecule has 0 spiro atoms. The number of carbonyl (C=O) groups excluding carboxylic acids is 2. The van der Waals surface area contributed by atoms with Gasteiger partial charge in [-0.25, -0.2) is 0 Å². The molecular formula is C17H28O4. The van der Waals surface area contributed by atoms with Crippen LogP contribution < -0.4 is 0 Å². The molecule has 0 fully saturated rings. The highest BCUT2D eigenvalue weighted by Crippen LogP contribution is 2.12. The normalized spacial score (nSPS) is 16.0. The fourth-order valence-electron chi connectivity index (χ4n) is 1.96. The lowest BCUT2D eigenvalue weighted by Gasteiger charge is -2.13. The molecule has 120 valence electrons. The van der Waals surface area contributed by atoms with Crippen LogP contribution in [0.4, 0.5) is 0 Å². The van der Waals surface area contributed by atoms with Crippen LogP contribution in [0.3, 0.4) is 0 Å². The summed E-state index contributed by atoms with van der Waals surface area (Å²) in [4.78, 5) is 22.3. The van der Waals surface area contributed by atoms with Crippen molar-refractivity contribution in [2.24, 2.45) is 5.92 Å². The van der Waals surface area contributed by atoms with E-state index in [1.54, 1.807) is 32.1 Å². The topological polar surface area (TPSA) is 63.6 Å². The predicted octanol–water partition coefficient (Wildman–Crippen LogP) is 3.20. The van der Waals surface area contributed by atoms with E-state index in [0.29, 0.717) is 12.9 Å². The molecule has 4 heteroatoms. The van der Waals surface area contributed by atoms with Crippen LogP contribution in [0, 0.1) is 5.92 Å². The lowest BCUT2D eigenvalue weighted by atomic mass is 9.98. The van der Waals surface area contributed by atoms with Gasteiger partial charge in [0.15, 0.2) is 5.78 Å². The van der Waals surface area contributed by atoms with E-state index in [4.69, 9.17) is 4.74 Å². The molecule has 0 aromatic heterocycles. The first-order chi connectivity index (χ1) is 10.1. The van der Waals surface area contributed by atoms with Gasteiger partial charge in [-0.1, -0.05) is 44.9 Å². The Hall–Kier alpha value is -1.42. The van der Waals surface area contributed by atoms with Crippen molar-refractivity contribution >= 4 is 12.3 Å². The number of unbranched alkanes of at least 4 members (excludes halogenated alkanes) is 2. The highest BCUT2D eigenvalue weighted by Gasteiger charge is 2.17. The van der Waals surface area contributed by atoms with E-state index in [-0.39, 0.29) is 11.9 Å². The Kier molecular flexibility index (Phi) is 11.5. The second kappa shape index (κ2) is 12.3. The standard InChI is InChI=1S/C17H28O4/c1-4-6-7-10-15(21-13-18)11-8-12-17(20)14(3)16(19)9-5-2/h5,8-9,12-16,19H,4,6-7,10-11H2,1-3H3/b9-5+,12-8+/t14-,15+,16-/m0/s1. The van der Waals surface area contributed by atoms with Gasteiger partial charge in [-0.2, -0.15) is 0 Å². The maximum absolute atomic E-state index is 11.9. The number of ether oxygens (including phenoxy) is 1. The molecule has 3 atom stereocenters. The quantitative estimate of drug-likeness (QED) is 0.260. The molecule has 0 rings (SSSR count). The number of hydrogen-bond donors (Lipinski definition) is 1. The molecule has 0 aliphatic carbocycles. The molecule has 0 radical (unpaired) electrons. The van der Waals surface area contributed by atoms with E-state index >= 15 is 0 Å². The van der Waals surface area contributed by atoms with Crippen LogP contribution >= 0.6 is 0 Å². The third-order valence-electron chi connectivity index (χ3n) is 3.41. The Morgan fingerprint density at radius 2 is 2.05 bits per heavy atom. The third-order valence-corrected chi connectivity index (χ3v) is 3.41. The van der Waals surface area contributed by atoms with Gasteiger partial charge in [0.05, 0.1) is 6.10 Å². The Morgan fingerprint density at radius 1 is 1.33 bits per heavy atom. The van der Waals surface area contributed by atoms with Crippen molar-refractivity contribution in [2.45, 2.75) is 65.1 Å². The van der Waals surface area contributed by atoms with Crippen molar-refractivity contribution in [2.75, 3.05) is 0 Å². The summed E-state index contributed by atoms with van der Waals surface area (Å²) in [7, 11) is 0. The summed E-state index contributed by atoms with van der Waals surface area (Å²) < 4.78 is 5.01. The lowest BCUT2D eigenvalue weighted by Crippen LogP contribution is -2.22.